The molecular formula is C14H17NO2. The van der Waals surface area contributed by atoms with Gasteiger partial charge in [-0.05, 0) is 54.8 Å². The molecule has 0 aliphatic heterocycles. The molecule has 2 N–H and O–H groups in total. The summed E-state index contributed by atoms with van der Waals surface area (Å²) in [5.74, 6) is 0.888. The first-order valence-electron chi connectivity index (χ1n) is 5.60. The molecule has 0 amide bonds. The van der Waals surface area contributed by atoms with Crippen molar-refractivity contribution in [1.29, 1.82) is 0 Å². The molecule has 0 aliphatic rings. The lowest BCUT2D eigenvalue weighted by molar-refractivity contribution is 0.281. The number of benzene rings is 1. The maximum Gasteiger partial charge on any atom is 0.121 e. The van der Waals surface area contributed by atoms with Crippen molar-refractivity contribution in [1.82, 2.24) is 4.98 Å². The van der Waals surface area contributed by atoms with Crippen LogP contribution in [-0.4, -0.2) is 17.2 Å². The second-order valence-electron chi connectivity index (χ2n) is 4.18. The molecule has 3 heteroatoms. The van der Waals surface area contributed by atoms with Gasteiger partial charge in [-0.25, -0.2) is 0 Å². The molecule has 1 aromatic carbocycles. The normalized spacial score (nSPS) is 10.6. The molecule has 1 heterocycles. The van der Waals surface area contributed by atoms with Gasteiger partial charge in [0.25, 0.3) is 0 Å². The van der Waals surface area contributed by atoms with Gasteiger partial charge in [-0.15, -0.1) is 0 Å². The van der Waals surface area contributed by atoms with Crippen molar-refractivity contribution >= 4 is 0 Å². The average molecular weight is 231 g/mol. The summed E-state index contributed by atoms with van der Waals surface area (Å²) in [4.78, 5) is 3.28. The number of hydrogen-bond acceptors (Lipinski definition) is 2. The van der Waals surface area contributed by atoms with E-state index in [2.05, 4.69) is 11.1 Å². The third-order valence-electron chi connectivity index (χ3n) is 3.00. The molecule has 0 atom stereocenters. The van der Waals surface area contributed by atoms with Crippen molar-refractivity contribution in [3.05, 3.63) is 41.1 Å². The fraction of sp³-hybridized carbons (Fsp3) is 0.286. The molecule has 3 nitrogen and oxygen atoms in total. The Balaban J connectivity index is 2.42. The number of aromatic amines is 1. The minimum Gasteiger partial charge on any atom is -0.496 e. The second-order valence-corrected chi connectivity index (χ2v) is 4.18. The zero-order valence-electron chi connectivity index (χ0n) is 10.4. The number of aromatic nitrogens is 1. The van der Waals surface area contributed by atoms with Crippen LogP contribution in [0.3, 0.4) is 0 Å². The van der Waals surface area contributed by atoms with Gasteiger partial charge in [0.2, 0.25) is 0 Å². The lowest BCUT2D eigenvalue weighted by atomic mass is 10.1. The lowest BCUT2D eigenvalue weighted by Gasteiger charge is -2.06. The second kappa shape index (κ2) is 4.63. The van der Waals surface area contributed by atoms with Crippen LogP contribution in [0.15, 0.2) is 24.3 Å². The van der Waals surface area contributed by atoms with Gasteiger partial charge in [0.05, 0.1) is 13.7 Å². The molecule has 0 bridgehead atoms. The van der Waals surface area contributed by atoms with Crippen LogP contribution in [0.1, 0.15) is 16.8 Å². The topological polar surface area (TPSA) is 45.2 Å². The highest BCUT2D eigenvalue weighted by molar-refractivity contribution is 5.63. The van der Waals surface area contributed by atoms with Crippen molar-refractivity contribution in [2.24, 2.45) is 0 Å². The fourth-order valence-corrected chi connectivity index (χ4v) is 1.97. The zero-order valence-corrected chi connectivity index (χ0v) is 10.4. The third kappa shape index (κ3) is 2.19. The van der Waals surface area contributed by atoms with Crippen molar-refractivity contribution in [3.63, 3.8) is 0 Å². The Bertz CT molecular complexity index is 529. The molecule has 0 spiro atoms. The highest BCUT2D eigenvalue weighted by Crippen LogP contribution is 2.26. The van der Waals surface area contributed by atoms with E-state index in [4.69, 9.17) is 4.74 Å². The Morgan fingerprint density at radius 1 is 1.24 bits per heavy atom. The van der Waals surface area contributed by atoms with Crippen LogP contribution in [0.5, 0.6) is 5.75 Å². The van der Waals surface area contributed by atoms with Crippen LogP contribution in [0.25, 0.3) is 11.3 Å². The Morgan fingerprint density at radius 3 is 2.53 bits per heavy atom. The third-order valence-corrected chi connectivity index (χ3v) is 3.00. The van der Waals surface area contributed by atoms with Crippen LogP contribution < -0.4 is 4.74 Å². The summed E-state index contributed by atoms with van der Waals surface area (Å²) < 4.78 is 5.24. The number of methoxy groups -OCH3 is 1. The van der Waals surface area contributed by atoms with E-state index in [-0.39, 0.29) is 6.61 Å². The van der Waals surface area contributed by atoms with Crippen molar-refractivity contribution < 1.29 is 9.84 Å². The minimum atomic E-state index is 0.0669. The summed E-state index contributed by atoms with van der Waals surface area (Å²) in [5, 5.41) is 9.18. The van der Waals surface area contributed by atoms with Gasteiger partial charge in [0.15, 0.2) is 0 Å². The molecular weight excluding hydrogens is 214 g/mol. The minimum absolute atomic E-state index is 0.0669. The lowest BCUT2D eigenvalue weighted by Crippen LogP contribution is -1.87. The van der Waals surface area contributed by atoms with Gasteiger partial charge < -0.3 is 14.8 Å². The Labute approximate surface area is 101 Å². The number of aliphatic hydroxyl groups is 1. The van der Waals surface area contributed by atoms with Crippen molar-refractivity contribution in [3.8, 4) is 17.0 Å². The maximum atomic E-state index is 9.18. The number of nitrogens with one attached hydrogen (secondary N) is 1. The first-order chi connectivity index (χ1) is 8.15. The van der Waals surface area contributed by atoms with Gasteiger partial charge >= 0.3 is 0 Å². The molecule has 0 saturated carbocycles. The summed E-state index contributed by atoms with van der Waals surface area (Å²) in [6.45, 7) is 4.05. The van der Waals surface area contributed by atoms with Crippen LogP contribution >= 0.6 is 0 Å². The molecule has 17 heavy (non-hydrogen) atoms. The molecule has 0 aliphatic carbocycles. The van der Waals surface area contributed by atoms with Crippen LogP contribution in [0.4, 0.5) is 0 Å². The van der Waals surface area contributed by atoms with E-state index in [0.717, 1.165) is 33.8 Å². The highest BCUT2D eigenvalue weighted by atomic mass is 16.5. The highest BCUT2D eigenvalue weighted by Gasteiger charge is 2.07. The van der Waals surface area contributed by atoms with Crippen molar-refractivity contribution in [2.45, 2.75) is 20.5 Å². The predicted octanol–water partition coefficient (Wildman–Crippen LogP) is 2.80. The largest absolute Gasteiger partial charge is 0.496 e. The molecule has 0 unspecified atom stereocenters. The van der Waals surface area contributed by atoms with E-state index in [1.807, 2.05) is 32.0 Å². The van der Waals surface area contributed by atoms with Crippen LogP contribution in [-0.2, 0) is 6.61 Å². The number of ether oxygens (including phenoxy) is 1. The number of aliphatic hydroxyl groups excluding tert-OH is 1. The van der Waals surface area contributed by atoms with E-state index in [9.17, 15) is 5.11 Å². The Morgan fingerprint density at radius 2 is 2.00 bits per heavy atom. The standard InChI is InChI=1S/C14H17NO2/c1-9-6-11(4-5-14(9)17-3)13-7-12(8-16)10(2)15-13/h4-7,15-16H,8H2,1-3H3. The van der Waals surface area contributed by atoms with E-state index in [0.29, 0.717) is 0 Å². The first-order valence-corrected chi connectivity index (χ1v) is 5.60. The van der Waals surface area contributed by atoms with E-state index >= 15 is 0 Å². The molecule has 0 fully saturated rings. The van der Waals surface area contributed by atoms with Crippen LogP contribution in [0, 0.1) is 13.8 Å². The number of H-pyrrole nitrogens is 1. The van der Waals surface area contributed by atoms with Crippen molar-refractivity contribution in [2.75, 3.05) is 7.11 Å². The van der Waals surface area contributed by atoms with Gasteiger partial charge in [-0.2, -0.15) is 0 Å². The van der Waals surface area contributed by atoms with E-state index < -0.39 is 0 Å². The summed E-state index contributed by atoms with van der Waals surface area (Å²) in [7, 11) is 1.67. The van der Waals surface area contributed by atoms with E-state index in [1.165, 1.54) is 0 Å². The summed E-state index contributed by atoms with van der Waals surface area (Å²) in [6, 6.07) is 8.03. The number of aryl methyl sites for hydroxylation is 2. The van der Waals surface area contributed by atoms with Crippen LogP contribution in [0.2, 0.25) is 0 Å². The zero-order chi connectivity index (χ0) is 12.4. The van der Waals surface area contributed by atoms with E-state index in [1.54, 1.807) is 7.11 Å². The Hall–Kier alpha value is -1.74. The predicted molar refractivity (Wildman–Crippen MR) is 68.2 cm³/mol. The quantitative estimate of drug-likeness (QED) is 0.853. The summed E-state index contributed by atoms with van der Waals surface area (Å²) >= 11 is 0. The number of rotatable bonds is 3. The van der Waals surface area contributed by atoms with Gasteiger partial charge in [0.1, 0.15) is 5.75 Å². The average Bonchev–Trinajstić information content (AvgIpc) is 2.70. The molecule has 0 saturated heterocycles. The fourth-order valence-electron chi connectivity index (χ4n) is 1.97. The summed E-state index contributed by atoms with van der Waals surface area (Å²) in [5.41, 5.74) is 5.18. The summed E-state index contributed by atoms with van der Waals surface area (Å²) in [6.07, 6.45) is 0. The van der Waals surface area contributed by atoms with Gasteiger partial charge in [0, 0.05) is 11.4 Å². The van der Waals surface area contributed by atoms with Gasteiger partial charge in [-0.3, -0.25) is 0 Å². The first kappa shape index (κ1) is 11.7. The maximum absolute atomic E-state index is 9.18. The van der Waals surface area contributed by atoms with Gasteiger partial charge in [-0.1, -0.05) is 0 Å². The molecule has 1 aromatic heterocycles. The Kier molecular flexibility index (Phi) is 3.20. The molecule has 0 radical (unpaired) electrons. The molecule has 2 rings (SSSR count). The SMILES string of the molecule is COc1ccc(-c2cc(CO)c(C)[nH]2)cc1C. The molecule has 2 aromatic rings. The molecule has 90 valence electrons. The smallest absolute Gasteiger partial charge is 0.121 e. The number of hydrogen-bond donors (Lipinski definition) is 2. The monoisotopic (exact) mass is 231 g/mol.